The molecule has 4 unspecified atom stereocenters. The van der Waals surface area contributed by atoms with Crippen molar-refractivity contribution in [1.29, 1.82) is 0 Å². The molecule has 3 aliphatic heterocycles. The van der Waals surface area contributed by atoms with Gasteiger partial charge in [-0.15, -0.1) is 0 Å². The molecule has 0 bridgehead atoms. The van der Waals surface area contributed by atoms with Crippen LogP contribution in [0.2, 0.25) is 0 Å². The Hall–Kier alpha value is -3.48. The molecular formula is C61H104F6O6. The number of hydrogen-bond donors (Lipinski definition) is 1. The van der Waals surface area contributed by atoms with Crippen molar-refractivity contribution in [3.05, 3.63) is 86.5 Å². The maximum Gasteiger partial charge on any atom is 0.201 e. The molecule has 0 aromatic heterocycles. The van der Waals surface area contributed by atoms with Crippen molar-refractivity contribution in [2.75, 3.05) is 6.61 Å². The summed E-state index contributed by atoms with van der Waals surface area (Å²) < 4.78 is 107. The molecule has 0 spiro atoms. The highest BCUT2D eigenvalue weighted by Gasteiger charge is 2.38. The predicted molar refractivity (Wildman–Crippen MR) is 295 cm³/mol. The van der Waals surface area contributed by atoms with Gasteiger partial charge >= 0.3 is 0 Å². The van der Waals surface area contributed by atoms with E-state index in [1.54, 1.807) is 39.0 Å². The predicted octanol–water partition coefficient (Wildman–Crippen LogP) is 19.3. The van der Waals surface area contributed by atoms with E-state index in [4.69, 9.17) is 23.8 Å². The molecule has 0 saturated heterocycles. The molecule has 0 amide bonds. The van der Waals surface area contributed by atoms with Crippen molar-refractivity contribution < 1.29 is 59.7 Å². The summed E-state index contributed by atoms with van der Waals surface area (Å²) in [6, 6.07) is 5.06. The van der Waals surface area contributed by atoms with E-state index in [0.717, 1.165) is 99.5 Å². The van der Waals surface area contributed by atoms with Gasteiger partial charge in [-0.3, -0.25) is 5.26 Å². The second-order valence-electron chi connectivity index (χ2n) is 21.2. The van der Waals surface area contributed by atoms with Gasteiger partial charge < -0.3 is 18.9 Å². The highest BCUT2D eigenvalue weighted by Crippen LogP contribution is 2.41. The molecule has 4 atom stereocenters. The summed E-state index contributed by atoms with van der Waals surface area (Å²) >= 11 is 0. The van der Waals surface area contributed by atoms with E-state index in [0.29, 0.717) is 60.1 Å². The average molecular weight is 1050 g/mol. The van der Waals surface area contributed by atoms with Gasteiger partial charge in [0.05, 0.1) is 18.8 Å². The second kappa shape index (κ2) is 30.9. The highest BCUT2D eigenvalue weighted by atomic mass is 19.2. The lowest BCUT2D eigenvalue weighted by Crippen LogP contribution is -2.42. The molecule has 426 valence electrons. The van der Waals surface area contributed by atoms with Gasteiger partial charge in [0.25, 0.3) is 0 Å². The molecule has 1 N–H and O–H groups in total. The first-order valence-corrected chi connectivity index (χ1v) is 25.4. The van der Waals surface area contributed by atoms with Crippen molar-refractivity contribution in [1.82, 2.24) is 0 Å². The van der Waals surface area contributed by atoms with E-state index in [2.05, 4.69) is 20.8 Å². The number of halogens is 6. The number of ether oxygens (including phenoxy) is 4. The molecule has 6 nitrogen and oxygen atoms in total. The molecule has 3 heterocycles. The van der Waals surface area contributed by atoms with Gasteiger partial charge in [0.2, 0.25) is 17.5 Å². The van der Waals surface area contributed by atoms with Crippen LogP contribution in [-0.2, 0) is 28.9 Å². The van der Waals surface area contributed by atoms with Crippen LogP contribution in [-0.4, -0.2) is 42.4 Å². The van der Waals surface area contributed by atoms with E-state index in [1.165, 1.54) is 38.5 Å². The summed E-state index contributed by atoms with van der Waals surface area (Å²) in [6.45, 7) is 12.0. The summed E-state index contributed by atoms with van der Waals surface area (Å²) in [5.41, 5.74) is 3.27. The lowest BCUT2D eigenvalue weighted by atomic mass is 9.78. The summed E-state index contributed by atoms with van der Waals surface area (Å²) in [5.74, 6) is -1.45. The van der Waals surface area contributed by atoms with Crippen LogP contribution in [0.1, 0.15) is 212 Å². The van der Waals surface area contributed by atoms with E-state index in [-0.39, 0.29) is 84.2 Å². The van der Waals surface area contributed by atoms with Crippen molar-refractivity contribution >= 4 is 0 Å². The SMILES string of the molecule is C.C.C.C.C.C.Cc1cc2c(c(F)c1F)OC(C(OO)C1CCC(C)CC1)CC2.Cc1cc2c(c(F)c1F)OC(CCC1CCC(C)CC1)CC2.Cc1cc2c(c(F)c1F)OC(COC1CCC(C)CC1)CC2.[HH].[HH].[HH]. The smallest absolute Gasteiger partial charge is 0.201 e. The summed E-state index contributed by atoms with van der Waals surface area (Å²) in [6.07, 6.45) is 19.8. The molecule has 9 rings (SSSR count). The third-order valence-electron chi connectivity index (χ3n) is 15.8. The molecule has 3 fully saturated rings. The first-order chi connectivity index (χ1) is 32.1. The van der Waals surface area contributed by atoms with Crippen LogP contribution in [0.25, 0.3) is 0 Å². The van der Waals surface area contributed by atoms with Gasteiger partial charge in [-0.2, -0.15) is 13.2 Å². The number of benzene rings is 3. The monoisotopic (exact) mass is 1050 g/mol. The minimum Gasteiger partial charge on any atom is -0.487 e. The number of aryl methyl sites for hydroxylation is 6. The van der Waals surface area contributed by atoms with E-state index >= 15 is 0 Å². The molecule has 0 radical (unpaired) electrons. The van der Waals surface area contributed by atoms with Gasteiger partial charge in [0.1, 0.15) is 18.3 Å². The third kappa shape index (κ3) is 17.0. The first kappa shape index (κ1) is 67.5. The van der Waals surface area contributed by atoms with Gasteiger partial charge in [-0.05, 0) is 192 Å². The zero-order chi connectivity index (χ0) is 47.9. The third-order valence-corrected chi connectivity index (χ3v) is 15.8. The molecule has 3 saturated carbocycles. The fourth-order valence-corrected chi connectivity index (χ4v) is 11.2. The van der Waals surface area contributed by atoms with Gasteiger partial charge in [-0.1, -0.05) is 104 Å². The lowest BCUT2D eigenvalue weighted by Gasteiger charge is -2.37. The zero-order valence-electron chi connectivity index (χ0n) is 40.6. The minimum absolute atomic E-state index is 0. The normalized spacial score (nSPS) is 26.0. The van der Waals surface area contributed by atoms with Crippen LogP contribution in [0, 0.1) is 85.3 Å². The molecule has 3 aromatic carbocycles. The van der Waals surface area contributed by atoms with E-state index < -0.39 is 47.1 Å². The molecule has 73 heavy (non-hydrogen) atoms. The van der Waals surface area contributed by atoms with Crippen LogP contribution in [0.3, 0.4) is 0 Å². The quantitative estimate of drug-likeness (QED) is 0.131. The zero-order valence-corrected chi connectivity index (χ0v) is 40.6. The van der Waals surface area contributed by atoms with Gasteiger partial charge in [0, 0.05) is 4.28 Å². The Labute approximate surface area is 443 Å². The summed E-state index contributed by atoms with van der Waals surface area (Å²) in [5, 5.41) is 9.36. The summed E-state index contributed by atoms with van der Waals surface area (Å²) in [4.78, 5) is 4.73. The lowest BCUT2D eigenvalue weighted by molar-refractivity contribution is -0.309. The van der Waals surface area contributed by atoms with E-state index in [9.17, 15) is 31.6 Å². The first-order valence-electron chi connectivity index (χ1n) is 25.4. The largest absolute Gasteiger partial charge is 0.487 e. The molecule has 3 aromatic rings. The average Bonchev–Trinajstić information content (AvgIpc) is 3.33. The van der Waals surface area contributed by atoms with Gasteiger partial charge in [-0.25, -0.2) is 18.1 Å². The Bertz CT molecular complexity index is 2030. The molecule has 12 heteroatoms. The van der Waals surface area contributed by atoms with Crippen molar-refractivity contribution in [3.63, 3.8) is 0 Å². The van der Waals surface area contributed by atoms with Crippen LogP contribution < -0.4 is 14.2 Å². The standard InChI is InChI=1S/C19H26F2O.C18H24F2O3.C18H24F2O2.6CH4.3H2/c1-12-3-5-14(6-4-12)7-9-16-10-8-15-11-13(2)17(20)18(21)19(15)22-16;1-10-3-5-12(6-4-10)17(23-21)14-8-7-13-9-11(2)15(19)16(20)18(13)22-14;1-11-3-6-14(7-4-11)21-10-15-8-5-13-9-12(2)16(19)17(20)18(13)22-15;;;;;;;;;/h11-12,14,16H,3-10H2,1-2H3;9-10,12,14,17,21H,3-8H2,1-2H3;9,11,14-15H,3-8,10H2,1-2H3;6*1H4;3*1H. The highest BCUT2D eigenvalue weighted by molar-refractivity contribution is 5.43. The molecular weight excluding hydrogens is 943 g/mol. The van der Waals surface area contributed by atoms with Gasteiger partial charge in [0.15, 0.2) is 34.7 Å². The second-order valence-corrected chi connectivity index (χ2v) is 21.2. The molecule has 3 aliphatic carbocycles. The van der Waals surface area contributed by atoms with E-state index in [1.807, 2.05) is 0 Å². The van der Waals surface area contributed by atoms with Crippen molar-refractivity contribution in [2.45, 2.75) is 245 Å². The maximum absolute atomic E-state index is 14.2. The van der Waals surface area contributed by atoms with Crippen LogP contribution >= 0.6 is 0 Å². The Morgan fingerprint density at radius 2 is 0.877 bits per heavy atom. The summed E-state index contributed by atoms with van der Waals surface area (Å²) in [7, 11) is 0. The number of fused-ring (bicyclic) bond motifs is 3. The maximum atomic E-state index is 14.2. The Morgan fingerprint density at radius 3 is 1.33 bits per heavy atom. The molecule has 6 aliphatic rings. The Kier molecular flexibility index (Phi) is 28.6. The van der Waals surface area contributed by atoms with Crippen molar-refractivity contribution in [2.24, 2.45) is 29.6 Å². The minimum atomic E-state index is -0.932. The topological polar surface area (TPSA) is 66.4 Å². The fraction of sp³-hybridized carbons (Fsp3) is 0.705. The van der Waals surface area contributed by atoms with Crippen LogP contribution in [0.5, 0.6) is 17.2 Å². The number of rotatable bonds is 9. The Balaban J connectivity index is -0.000000993. The van der Waals surface area contributed by atoms with Crippen LogP contribution in [0.4, 0.5) is 26.3 Å². The van der Waals surface area contributed by atoms with Crippen LogP contribution in [0.15, 0.2) is 18.2 Å². The van der Waals surface area contributed by atoms with Crippen molar-refractivity contribution in [3.8, 4) is 17.2 Å². The fourth-order valence-electron chi connectivity index (χ4n) is 11.2. The Morgan fingerprint density at radius 1 is 0.493 bits per heavy atom. The number of hydrogen-bond acceptors (Lipinski definition) is 6.